The fraction of sp³-hybridized carbons (Fsp3) is 0.583. The van der Waals surface area contributed by atoms with Crippen molar-refractivity contribution in [1.29, 1.82) is 0 Å². The van der Waals surface area contributed by atoms with E-state index in [1.807, 2.05) is 0 Å². The number of carboxylic acids is 1. The molecule has 0 aliphatic heterocycles. The van der Waals surface area contributed by atoms with Crippen molar-refractivity contribution < 1.29 is 9.90 Å². The Balaban J connectivity index is 1.81. The largest absolute Gasteiger partial charge is 0.481 e. The molecule has 3 nitrogen and oxygen atoms in total. The lowest BCUT2D eigenvalue weighted by molar-refractivity contribution is -0.143. The van der Waals surface area contributed by atoms with E-state index < -0.39 is 5.97 Å². The first-order valence-corrected chi connectivity index (χ1v) is 7.51. The molecule has 0 spiro atoms. The molecule has 0 aromatic carbocycles. The Labute approximate surface area is 113 Å². The van der Waals surface area contributed by atoms with E-state index in [-0.39, 0.29) is 5.92 Å². The van der Waals surface area contributed by atoms with E-state index in [9.17, 15) is 4.79 Å². The quantitative estimate of drug-likeness (QED) is 0.896. The van der Waals surface area contributed by atoms with Crippen molar-refractivity contribution in [2.75, 3.05) is 0 Å². The number of hydrogen-bond donors (Lipinski definition) is 2. The van der Waals surface area contributed by atoms with E-state index in [2.05, 4.69) is 32.7 Å². The molecule has 94 valence electrons. The third-order valence-corrected chi connectivity index (χ3v) is 4.79. The number of rotatable bonds is 4. The van der Waals surface area contributed by atoms with Gasteiger partial charge in [0.1, 0.15) is 0 Å². The Morgan fingerprint density at radius 2 is 2.41 bits per heavy atom. The molecule has 17 heavy (non-hydrogen) atoms. The first-order valence-electron chi connectivity index (χ1n) is 5.84. The summed E-state index contributed by atoms with van der Waals surface area (Å²) >= 11 is 5.12. The van der Waals surface area contributed by atoms with Crippen LogP contribution in [0.1, 0.15) is 31.2 Å². The number of halogens is 1. The minimum absolute atomic E-state index is 0.157. The summed E-state index contributed by atoms with van der Waals surface area (Å²) in [6.07, 6.45) is 3.70. The molecule has 1 fully saturated rings. The molecule has 1 aromatic rings. The number of carboxylic acid groups (broad SMARTS) is 1. The van der Waals surface area contributed by atoms with Crippen molar-refractivity contribution in [1.82, 2.24) is 5.32 Å². The smallest absolute Gasteiger partial charge is 0.306 e. The number of thiophene rings is 1. The van der Waals surface area contributed by atoms with Crippen LogP contribution in [-0.4, -0.2) is 17.1 Å². The van der Waals surface area contributed by atoms with E-state index in [4.69, 9.17) is 5.11 Å². The lowest BCUT2D eigenvalue weighted by Gasteiger charge is -2.27. The molecule has 5 heteroatoms. The maximum absolute atomic E-state index is 10.9. The van der Waals surface area contributed by atoms with E-state index in [0.29, 0.717) is 6.04 Å². The summed E-state index contributed by atoms with van der Waals surface area (Å²) in [4.78, 5) is 10.9. The van der Waals surface area contributed by atoms with Gasteiger partial charge in [-0.1, -0.05) is 6.42 Å². The van der Waals surface area contributed by atoms with Crippen molar-refractivity contribution in [3.05, 3.63) is 20.8 Å². The summed E-state index contributed by atoms with van der Waals surface area (Å²) in [5, 5.41) is 14.6. The Hall–Kier alpha value is -0.390. The minimum Gasteiger partial charge on any atom is -0.481 e. The predicted molar refractivity (Wildman–Crippen MR) is 72.2 cm³/mol. The number of hydrogen-bond acceptors (Lipinski definition) is 3. The summed E-state index contributed by atoms with van der Waals surface area (Å²) in [5.41, 5.74) is 1.26. The van der Waals surface area contributed by atoms with Crippen LogP contribution in [0.4, 0.5) is 0 Å². The molecule has 1 heterocycles. The van der Waals surface area contributed by atoms with Gasteiger partial charge in [0.05, 0.1) is 9.70 Å². The zero-order valence-electron chi connectivity index (χ0n) is 9.49. The normalized spacial score (nSPS) is 24.8. The van der Waals surface area contributed by atoms with Gasteiger partial charge in [0.25, 0.3) is 0 Å². The molecule has 1 saturated carbocycles. The molecular formula is C12H16BrNO2S. The van der Waals surface area contributed by atoms with Crippen molar-refractivity contribution >= 4 is 33.2 Å². The maximum atomic E-state index is 10.9. The summed E-state index contributed by atoms with van der Waals surface area (Å²) < 4.78 is 1.14. The van der Waals surface area contributed by atoms with Crippen molar-refractivity contribution in [3.63, 3.8) is 0 Å². The minimum atomic E-state index is -0.644. The van der Waals surface area contributed by atoms with Gasteiger partial charge in [0.15, 0.2) is 0 Å². The lowest BCUT2D eigenvalue weighted by Crippen LogP contribution is -2.35. The second-order valence-electron chi connectivity index (χ2n) is 4.54. The van der Waals surface area contributed by atoms with Gasteiger partial charge < -0.3 is 10.4 Å². The third-order valence-electron chi connectivity index (χ3n) is 3.24. The summed E-state index contributed by atoms with van der Waals surface area (Å²) in [6.45, 7) is 0.832. The molecule has 0 radical (unpaired) electrons. The zero-order valence-corrected chi connectivity index (χ0v) is 11.9. The highest BCUT2D eigenvalue weighted by molar-refractivity contribution is 9.11. The third kappa shape index (κ3) is 3.79. The van der Waals surface area contributed by atoms with Crippen LogP contribution in [0.5, 0.6) is 0 Å². The average molecular weight is 318 g/mol. The van der Waals surface area contributed by atoms with Gasteiger partial charge in [-0.3, -0.25) is 4.79 Å². The monoisotopic (exact) mass is 317 g/mol. The average Bonchev–Trinajstić information content (AvgIpc) is 2.73. The molecule has 0 bridgehead atoms. The standard InChI is InChI=1S/C12H16BrNO2S/c13-11-4-8(7-17-11)6-14-10-3-1-2-9(5-10)12(15)16/h4,7,9-10,14H,1-3,5-6H2,(H,15,16). The van der Waals surface area contributed by atoms with Gasteiger partial charge in [-0.15, -0.1) is 11.3 Å². The molecule has 2 N–H and O–H groups in total. The van der Waals surface area contributed by atoms with Crippen molar-refractivity contribution in [2.45, 2.75) is 38.3 Å². The maximum Gasteiger partial charge on any atom is 0.306 e. The molecule has 0 saturated heterocycles. The fourth-order valence-electron chi connectivity index (χ4n) is 2.30. The van der Waals surface area contributed by atoms with E-state index in [1.165, 1.54) is 5.56 Å². The van der Waals surface area contributed by atoms with Gasteiger partial charge in [0.2, 0.25) is 0 Å². The first-order chi connectivity index (χ1) is 8.15. The highest BCUT2D eigenvalue weighted by Gasteiger charge is 2.26. The second kappa shape index (κ2) is 5.98. The summed E-state index contributed by atoms with van der Waals surface area (Å²) in [5.74, 6) is -0.801. The summed E-state index contributed by atoms with van der Waals surface area (Å²) in [7, 11) is 0. The van der Waals surface area contributed by atoms with Crippen LogP contribution < -0.4 is 5.32 Å². The van der Waals surface area contributed by atoms with Crippen LogP contribution in [0, 0.1) is 5.92 Å². The zero-order chi connectivity index (χ0) is 12.3. The number of carbonyl (C=O) groups is 1. The molecule has 1 aliphatic rings. The Bertz CT molecular complexity index is 394. The van der Waals surface area contributed by atoms with E-state index in [1.54, 1.807) is 11.3 Å². The Kier molecular flexibility index (Phi) is 4.59. The number of aliphatic carboxylic acids is 1. The van der Waals surface area contributed by atoms with Gasteiger partial charge >= 0.3 is 5.97 Å². The van der Waals surface area contributed by atoms with Crippen LogP contribution in [0.2, 0.25) is 0 Å². The van der Waals surface area contributed by atoms with E-state index >= 15 is 0 Å². The molecular weight excluding hydrogens is 302 g/mol. The van der Waals surface area contributed by atoms with Gasteiger partial charge in [-0.2, -0.15) is 0 Å². The topological polar surface area (TPSA) is 49.3 Å². The highest BCUT2D eigenvalue weighted by atomic mass is 79.9. The van der Waals surface area contributed by atoms with Gasteiger partial charge in [0, 0.05) is 12.6 Å². The Morgan fingerprint density at radius 3 is 3.06 bits per heavy atom. The molecule has 1 aliphatic carbocycles. The number of nitrogens with one attached hydrogen (secondary N) is 1. The Morgan fingerprint density at radius 1 is 1.59 bits per heavy atom. The molecule has 2 atom stereocenters. The predicted octanol–water partition coefficient (Wildman–Crippen LogP) is 3.24. The lowest BCUT2D eigenvalue weighted by atomic mass is 9.86. The highest BCUT2D eigenvalue weighted by Crippen LogP contribution is 2.25. The van der Waals surface area contributed by atoms with Crippen LogP contribution in [0.25, 0.3) is 0 Å². The molecule has 1 aromatic heterocycles. The second-order valence-corrected chi connectivity index (χ2v) is 6.83. The van der Waals surface area contributed by atoms with Crippen LogP contribution in [-0.2, 0) is 11.3 Å². The molecule has 2 rings (SSSR count). The SMILES string of the molecule is O=C(O)C1CCCC(NCc2csc(Br)c2)C1. The van der Waals surface area contributed by atoms with Gasteiger partial charge in [-0.25, -0.2) is 0 Å². The van der Waals surface area contributed by atoms with Crippen molar-refractivity contribution in [2.24, 2.45) is 5.92 Å². The summed E-state index contributed by atoms with van der Waals surface area (Å²) in [6, 6.07) is 2.46. The van der Waals surface area contributed by atoms with E-state index in [0.717, 1.165) is 36.0 Å². The van der Waals surface area contributed by atoms with Crippen LogP contribution in [0.15, 0.2) is 15.2 Å². The van der Waals surface area contributed by atoms with Crippen LogP contribution in [0.3, 0.4) is 0 Å². The fourth-order valence-corrected chi connectivity index (χ4v) is 3.51. The molecule has 2 unspecified atom stereocenters. The van der Waals surface area contributed by atoms with Crippen LogP contribution >= 0.6 is 27.3 Å². The molecule has 0 amide bonds. The van der Waals surface area contributed by atoms with Crippen molar-refractivity contribution in [3.8, 4) is 0 Å². The first kappa shape index (κ1) is 13.1. The van der Waals surface area contributed by atoms with Gasteiger partial charge in [-0.05, 0) is 52.2 Å².